The molecular formula is C10H12BrNO2S. The summed E-state index contributed by atoms with van der Waals surface area (Å²) >= 11 is 5.11. The molecule has 3 nitrogen and oxygen atoms in total. The molecule has 0 bridgehead atoms. The molecule has 2 N–H and O–H groups in total. The van der Waals surface area contributed by atoms with Crippen molar-refractivity contribution in [3.8, 4) is 0 Å². The highest BCUT2D eigenvalue weighted by molar-refractivity contribution is 9.10. The molecule has 1 heterocycles. The number of hydrogen-bond acceptors (Lipinski definition) is 3. The minimum absolute atomic E-state index is 0.596. The van der Waals surface area contributed by atoms with Crippen LogP contribution in [0.3, 0.4) is 0 Å². The Morgan fingerprint density at radius 1 is 1.67 bits per heavy atom. The number of hydrogen-bond donors (Lipinski definition) is 2. The summed E-state index contributed by atoms with van der Waals surface area (Å²) in [7, 11) is 0. The number of aliphatic carboxylic acids is 1. The van der Waals surface area contributed by atoms with Crippen molar-refractivity contribution >= 4 is 33.2 Å². The van der Waals surface area contributed by atoms with E-state index in [9.17, 15) is 4.79 Å². The maximum Gasteiger partial charge on any atom is 0.328 e. The zero-order chi connectivity index (χ0) is 11.1. The Morgan fingerprint density at radius 2 is 2.47 bits per heavy atom. The van der Waals surface area contributed by atoms with Crippen LogP contribution in [0.5, 0.6) is 0 Å². The maximum atomic E-state index is 10.1. The number of rotatable bonds is 6. The number of carboxylic acids is 1. The lowest BCUT2D eigenvalue weighted by atomic mass is 10.3. The Balaban J connectivity index is 2.09. The normalized spacial score (nSPS) is 11.0. The second kappa shape index (κ2) is 6.76. The highest BCUT2D eigenvalue weighted by atomic mass is 79.9. The van der Waals surface area contributed by atoms with E-state index in [1.165, 1.54) is 4.88 Å². The molecule has 0 aromatic carbocycles. The molecule has 0 atom stereocenters. The van der Waals surface area contributed by atoms with E-state index < -0.39 is 5.97 Å². The van der Waals surface area contributed by atoms with Gasteiger partial charge in [0.15, 0.2) is 0 Å². The van der Waals surface area contributed by atoms with Gasteiger partial charge in [0.25, 0.3) is 0 Å². The SMILES string of the molecule is O=C(O)/C=C/CNCCc1cc(Br)cs1. The molecular weight excluding hydrogens is 278 g/mol. The first kappa shape index (κ1) is 12.4. The van der Waals surface area contributed by atoms with Gasteiger partial charge < -0.3 is 10.4 Å². The fourth-order valence-electron chi connectivity index (χ4n) is 1.04. The first-order valence-electron chi connectivity index (χ1n) is 4.51. The van der Waals surface area contributed by atoms with Crippen LogP contribution in [0.1, 0.15) is 4.88 Å². The Hall–Kier alpha value is -0.650. The molecule has 1 rings (SSSR count). The molecule has 5 heteroatoms. The number of thiophene rings is 1. The summed E-state index contributed by atoms with van der Waals surface area (Å²) in [6, 6.07) is 2.10. The molecule has 0 saturated heterocycles. The predicted molar refractivity (Wildman–Crippen MR) is 65.4 cm³/mol. The van der Waals surface area contributed by atoms with Crippen LogP contribution in [-0.4, -0.2) is 24.2 Å². The van der Waals surface area contributed by atoms with Gasteiger partial charge in [0.1, 0.15) is 0 Å². The summed E-state index contributed by atoms with van der Waals surface area (Å²) in [6.07, 6.45) is 3.72. The standard InChI is InChI=1S/C10H12BrNO2S/c11-8-6-9(15-7-8)3-5-12-4-1-2-10(13)14/h1-2,6-7,12H,3-5H2,(H,13,14)/b2-1+. The minimum atomic E-state index is -0.904. The fraction of sp³-hybridized carbons (Fsp3) is 0.300. The minimum Gasteiger partial charge on any atom is -0.478 e. The van der Waals surface area contributed by atoms with Crippen molar-refractivity contribution in [3.63, 3.8) is 0 Å². The van der Waals surface area contributed by atoms with E-state index in [0.717, 1.165) is 23.5 Å². The molecule has 0 aliphatic heterocycles. The zero-order valence-corrected chi connectivity index (χ0v) is 10.5. The van der Waals surface area contributed by atoms with Crippen molar-refractivity contribution in [2.24, 2.45) is 0 Å². The van der Waals surface area contributed by atoms with Crippen molar-refractivity contribution in [2.45, 2.75) is 6.42 Å². The molecule has 0 radical (unpaired) electrons. The average Bonchev–Trinajstić information content (AvgIpc) is 2.57. The van der Waals surface area contributed by atoms with Gasteiger partial charge in [-0.2, -0.15) is 0 Å². The van der Waals surface area contributed by atoms with Gasteiger partial charge in [-0.25, -0.2) is 4.79 Å². The summed E-state index contributed by atoms with van der Waals surface area (Å²) in [6.45, 7) is 1.45. The van der Waals surface area contributed by atoms with Gasteiger partial charge in [0.2, 0.25) is 0 Å². The molecule has 1 aromatic heterocycles. The van der Waals surface area contributed by atoms with Crippen LogP contribution in [0.4, 0.5) is 0 Å². The molecule has 0 amide bonds. The maximum absolute atomic E-state index is 10.1. The zero-order valence-electron chi connectivity index (χ0n) is 8.07. The molecule has 0 aliphatic rings. The van der Waals surface area contributed by atoms with Crippen molar-refractivity contribution < 1.29 is 9.90 Å². The molecule has 0 aliphatic carbocycles. The summed E-state index contributed by atoms with van der Waals surface area (Å²) in [5.74, 6) is -0.904. The Morgan fingerprint density at radius 3 is 3.07 bits per heavy atom. The second-order valence-corrected chi connectivity index (χ2v) is 4.84. The number of nitrogens with one attached hydrogen (secondary N) is 1. The van der Waals surface area contributed by atoms with Crippen LogP contribution in [0.15, 0.2) is 28.1 Å². The van der Waals surface area contributed by atoms with Crippen LogP contribution < -0.4 is 5.32 Å². The van der Waals surface area contributed by atoms with Crippen molar-refractivity contribution in [3.05, 3.63) is 32.9 Å². The highest BCUT2D eigenvalue weighted by Gasteiger charge is 1.96. The van der Waals surface area contributed by atoms with Gasteiger partial charge in [-0.3, -0.25) is 0 Å². The van der Waals surface area contributed by atoms with E-state index in [4.69, 9.17) is 5.11 Å². The number of halogens is 1. The molecule has 1 aromatic rings. The smallest absolute Gasteiger partial charge is 0.328 e. The quantitative estimate of drug-likeness (QED) is 0.624. The van der Waals surface area contributed by atoms with Gasteiger partial charge in [0, 0.05) is 33.9 Å². The predicted octanol–water partition coefficient (Wildman–Crippen LogP) is 2.28. The molecule has 0 spiro atoms. The molecule has 0 saturated carbocycles. The van der Waals surface area contributed by atoms with Crippen molar-refractivity contribution in [1.82, 2.24) is 5.32 Å². The number of carboxylic acid groups (broad SMARTS) is 1. The van der Waals surface area contributed by atoms with Gasteiger partial charge in [-0.05, 0) is 28.4 Å². The van der Waals surface area contributed by atoms with Crippen LogP contribution in [0.2, 0.25) is 0 Å². The van der Waals surface area contributed by atoms with Crippen molar-refractivity contribution in [1.29, 1.82) is 0 Å². The molecule has 15 heavy (non-hydrogen) atoms. The van der Waals surface area contributed by atoms with E-state index in [-0.39, 0.29) is 0 Å². The van der Waals surface area contributed by atoms with Gasteiger partial charge in [0.05, 0.1) is 0 Å². The van der Waals surface area contributed by atoms with Gasteiger partial charge in [-0.1, -0.05) is 6.08 Å². The summed E-state index contributed by atoms with van der Waals surface area (Å²) < 4.78 is 1.12. The topological polar surface area (TPSA) is 49.3 Å². The lowest BCUT2D eigenvalue weighted by Gasteiger charge is -1.98. The monoisotopic (exact) mass is 289 g/mol. The molecule has 0 unspecified atom stereocenters. The second-order valence-electron chi connectivity index (χ2n) is 2.93. The average molecular weight is 290 g/mol. The van der Waals surface area contributed by atoms with E-state index in [1.807, 2.05) is 0 Å². The summed E-state index contributed by atoms with van der Waals surface area (Å²) in [4.78, 5) is 11.5. The summed E-state index contributed by atoms with van der Waals surface area (Å²) in [5, 5.41) is 13.5. The van der Waals surface area contributed by atoms with E-state index in [1.54, 1.807) is 17.4 Å². The largest absolute Gasteiger partial charge is 0.478 e. The third-order valence-corrected chi connectivity index (χ3v) is 3.45. The first-order chi connectivity index (χ1) is 7.18. The summed E-state index contributed by atoms with van der Waals surface area (Å²) in [5.41, 5.74) is 0. The Kier molecular flexibility index (Phi) is 5.60. The lowest BCUT2D eigenvalue weighted by Crippen LogP contribution is -2.16. The van der Waals surface area contributed by atoms with Crippen LogP contribution >= 0.6 is 27.3 Å². The van der Waals surface area contributed by atoms with E-state index in [0.29, 0.717) is 6.54 Å². The van der Waals surface area contributed by atoms with E-state index >= 15 is 0 Å². The third-order valence-electron chi connectivity index (χ3n) is 1.69. The van der Waals surface area contributed by atoms with Crippen molar-refractivity contribution in [2.75, 3.05) is 13.1 Å². The van der Waals surface area contributed by atoms with Gasteiger partial charge >= 0.3 is 5.97 Å². The van der Waals surface area contributed by atoms with Crippen LogP contribution in [0.25, 0.3) is 0 Å². The highest BCUT2D eigenvalue weighted by Crippen LogP contribution is 2.19. The third kappa shape index (κ3) is 5.71. The van der Waals surface area contributed by atoms with Crippen LogP contribution in [-0.2, 0) is 11.2 Å². The number of carbonyl (C=O) groups is 1. The van der Waals surface area contributed by atoms with Gasteiger partial charge in [-0.15, -0.1) is 11.3 Å². The molecule has 82 valence electrons. The molecule has 0 fully saturated rings. The fourth-order valence-corrected chi connectivity index (χ4v) is 2.50. The Labute approximate surface area is 101 Å². The first-order valence-corrected chi connectivity index (χ1v) is 6.19. The Bertz CT molecular complexity index is 349. The van der Waals surface area contributed by atoms with E-state index in [2.05, 4.69) is 32.7 Å². The van der Waals surface area contributed by atoms with Crippen LogP contribution in [0, 0.1) is 0 Å². The lowest BCUT2D eigenvalue weighted by molar-refractivity contribution is -0.131.